The molecule has 2 rings (SSSR count). The molecule has 1 heterocycles. The Morgan fingerprint density at radius 2 is 2.29 bits per heavy atom. The van der Waals surface area contributed by atoms with E-state index in [1.54, 1.807) is 29.4 Å². The highest BCUT2D eigenvalue weighted by Gasteiger charge is 2.05. The van der Waals surface area contributed by atoms with Gasteiger partial charge in [-0.1, -0.05) is 0 Å². The molecule has 0 saturated heterocycles. The number of benzene rings is 1. The number of hydrogen-bond acceptors (Lipinski definition) is 2. The average molecular weight is 192 g/mol. The van der Waals surface area contributed by atoms with Gasteiger partial charge in [0, 0.05) is 18.5 Å². The minimum Gasteiger partial charge on any atom is -0.494 e. The highest BCUT2D eigenvalue weighted by Crippen LogP contribution is 2.22. The monoisotopic (exact) mass is 192 g/mol. The van der Waals surface area contributed by atoms with Crippen LogP contribution in [0, 0.1) is 5.82 Å². The van der Waals surface area contributed by atoms with E-state index in [-0.39, 0.29) is 5.82 Å². The van der Waals surface area contributed by atoms with Crippen molar-refractivity contribution >= 4 is 0 Å². The van der Waals surface area contributed by atoms with Crippen molar-refractivity contribution in [2.75, 3.05) is 7.11 Å². The Balaban J connectivity index is 2.53. The summed E-state index contributed by atoms with van der Waals surface area (Å²) in [4.78, 5) is 3.91. The van der Waals surface area contributed by atoms with Crippen molar-refractivity contribution in [3.63, 3.8) is 0 Å². The molecule has 0 amide bonds. The van der Waals surface area contributed by atoms with Crippen LogP contribution in [0.4, 0.5) is 4.39 Å². The van der Waals surface area contributed by atoms with Crippen molar-refractivity contribution in [1.29, 1.82) is 0 Å². The van der Waals surface area contributed by atoms with E-state index in [4.69, 9.17) is 4.74 Å². The van der Waals surface area contributed by atoms with Gasteiger partial charge in [-0.15, -0.1) is 0 Å². The Kier molecular flexibility index (Phi) is 2.18. The van der Waals surface area contributed by atoms with Gasteiger partial charge < -0.3 is 9.30 Å². The van der Waals surface area contributed by atoms with Gasteiger partial charge in [0.15, 0.2) is 0 Å². The van der Waals surface area contributed by atoms with Gasteiger partial charge in [-0.2, -0.15) is 0 Å². The topological polar surface area (TPSA) is 27.1 Å². The van der Waals surface area contributed by atoms with E-state index in [9.17, 15) is 4.39 Å². The molecule has 14 heavy (non-hydrogen) atoms. The lowest BCUT2D eigenvalue weighted by Crippen LogP contribution is -1.95. The van der Waals surface area contributed by atoms with Crippen LogP contribution >= 0.6 is 0 Å². The van der Waals surface area contributed by atoms with E-state index in [0.717, 1.165) is 5.69 Å². The molecule has 0 radical (unpaired) electrons. The van der Waals surface area contributed by atoms with E-state index >= 15 is 0 Å². The Labute approximate surface area is 80.8 Å². The molecule has 0 saturated carbocycles. The van der Waals surface area contributed by atoms with E-state index in [0.29, 0.717) is 5.75 Å². The first-order valence-electron chi connectivity index (χ1n) is 4.13. The molecule has 0 N–H and O–H groups in total. The van der Waals surface area contributed by atoms with Crippen molar-refractivity contribution in [1.82, 2.24) is 9.55 Å². The SMILES string of the molecule is COc1cc(F)ccc1-n1ccnc1. The molecule has 2 aromatic rings. The molecular formula is C10H9FN2O. The standard InChI is InChI=1S/C10H9FN2O/c1-14-10-6-8(11)2-3-9(10)13-5-4-12-7-13/h2-7H,1H3. The van der Waals surface area contributed by atoms with Gasteiger partial charge in [-0.3, -0.25) is 0 Å². The minimum atomic E-state index is -0.314. The van der Waals surface area contributed by atoms with Crippen molar-refractivity contribution in [2.24, 2.45) is 0 Å². The molecule has 72 valence electrons. The lowest BCUT2D eigenvalue weighted by molar-refractivity contribution is 0.409. The van der Waals surface area contributed by atoms with Crippen LogP contribution in [0.1, 0.15) is 0 Å². The summed E-state index contributed by atoms with van der Waals surface area (Å²) in [6.07, 6.45) is 5.06. The summed E-state index contributed by atoms with van der Waals surface area (Å²) in [6.45, 7) is 0. The number of nitrogens with zero attached hydrogens (tertiary/aromatic N) is 2. The normalized spacial score (nSPS) is 10.1. The Bertz CT molecular complexity index is 426. The quantitative estimate of drug-likeness (QED) is 0.727. The molecule has 0 atom stereocenters. The zero-order valence-corrected chi connectivity index (χ0v) is 7.64. The summed E-state index contributed by atoms with van der Waals surface area (Å²) in [7, 11) is 1.51. The van der Waals surface area contributed by atoms with Crippen LogP contribution in [-0.2, 0) is 0 Å². The highest BCUT2D eigenvalue weighted by atomic mass is 19.1. The van der Waals surface area contributed by atoms with Crippen molar-refractivity contribution in [2.45, 2.75) is 0 Å². The first kappa shape index (κ1) is 8.74. The second-order valence-corrected chi connectivity index (χ2v) is 2.79. The Morgan fingerprint density at radius 1 is 1.43 bits per heavy atom. The molecule has 3 nitrogen and oxygen atoms in total. The Hall–Kier alpha value is -1.84. The minimum absolute atomic E-state index is 0.314. The second kappa shape index (κ2) is 3.49. The first-order valence-corrected chi connectivity index (χ1v) is 4.13. The third-order valence-electron chi connectivity index (χ3n) is 1.92. The van der Waals surface area contributed by atoms with E-state index in [1.165, 1.54) is 19.2 Å². The van der Waals surface area contributed by atoms with Crippen LogP contribution in [-0.4, -0.2) is 16.7 Å². The first-order chi connectivity index (χ1) is 6.81. The maximum absolute atomic E-state index is 12.9. The number of aromatic nitrogens is 2. The van der Waals surface area contributed by atoms with Crippen molar-refractivity contribution in [3.8, 4) is 11.4 Å². The average Bonchev–Trinajstić information content (AvgIpc) is 2.70. The van der Waals surface area contributed by atoms with Crippen LogP contribution in [0.15, 0.2) is 36.9 Å². The molecule has 1 aromatic carbocycles. The van der Waals surface area contributed by atoms with Gasteiger partial charge in [0.2, 0.25) is 0 Å². The van der Waals surface area contributed by atoms with Gasteiger partial charge >= 0.3 is 0 Å². The molecule has 0 aliphatic carbocycles. The molecule has 0 bridgehead atoms. The van der Waals surface area contributed by atoms with Crippen LogP contribution in [0.2, 0.25) is 0 Å². The lowest BCUT2D eigenvalue weighted by atomic mass is 10.3. The summed E-state index contributed by atoms with van der Waals surface area (Å²) < 4.78 is 19.7. The molecule has 0 unspecified atom stereocenters. The van der Waals surface area contributed by atoms with Crippen LogP contribution in [0.3, 0.4) is 0 Å². The van der Waals surface area contributed by atoms with Crippen LogP contribution in [0.25, 0.3) is 5.69 Å². The molecule has 4 heteroatoms. The lowest BCUT2D eigenvalue weighted by Gasteiger charge is -2.08. The predicted octanol–water partition coefficient (Wildman–Crippen LogP) is 2.02. The van der Waals surface area contributed by atoms with Crippen molar-refractivity contribution < 1.29 is 9.13 Å². The predicted molar refractivity (Wildman–Crippen MR) is 50.1 cm³/mol. The van der Waals surface area contributed by atoms with Gasteiger partial charge in [-0.25, -0.2) is 9.37 Å². The maximum atomic E-state index is 12.9. The fourth-order valence-electron chi connectivity index (χ4n) is 1.27. The summed E-state index contributed by atoms with van der Waals surface area (Å²) in [5.41, 5.74) is 0.770. The number of hydrogen-bond donors (Lipinski definition) is 0. The number of ether oxygens (including phenoxy) is 1. The highest BCUT2D eigenvalue weighted by molar-refractivity contribution is 5.46. The fourth-order valence-corrected chi connectivity index (χ4v) is 1.27. The van der Waals surface area contributed by atoms with Gasteiger partial charge in [0.25, 0.3) is 0 Å². The van der Waals surface area contributed by atoms with E-state index in [1.807, 2.05) is 0 Å². The molecule has 0 aliphatic heterocycles. The Morgan fingerprint density at radius 3 is 2.93 bits per heavy atom. The molecular weight excluding hydrogens is 183 g/mol. The smallest absolute Gasteiger partial charge is 0.145 e. The molecule has 0 aliphatic rings. The van der Waals surface area contributed by atoms with E-state index < -0.39 is 0 Å². The summed E-state index contributed by atoms with van der Waals surface area (Å²) in [5.74, 6) is 0.175. The summed E-state index contributed by atoms with van der Waals surface area (Å²) in [6, 6.07) is 4.38. The van der Waals surface area contributed by atoms with E-state index in [2.05, 4.69) is 4.98 Å². The van der Waals surface area contributed by atoms with Crippen LogP contribution in [0.5, 0.6) is 5.75 Å². The van der Waals surface area contributed by atoms with Crippen LogP contribution < -0.4 is 4.74 Å². The number of halogens is 1. The number of rotatable bonds is 2. The second-order valence-electron chi connectivity index (χ2n) is 2.79. The van der Waals surface area contributed by atoms with Gasteiger partial charge in [-0.05, 0) is 12.1 Å². The maximum Gasteiger partial charge on any atom is 0.145 e. The summed E-state index contributed by atoms with van der Waals surface area (Å²) >= 11 is 0. The summed E-state index contributed by atoms with van der Waals surface area (Å²) in [5, 5.41) is 0. The molecule has 1 aromatic heterocycles. The molecule has 0 spiro atoms. The van der Waals surface area contributed by atoms with Gasteiger partial charge in [0.05, 0.1) is 19.1 Å². The number of imidazole rings is 1. The third kappa shape index (κ3) is 1.46. The van der Waals surface area contributed by atoms with Crippen molar-refractivity contribution in [3.05, 3.63) is 42.7 Å². The zero-order chi connectivity index (χ0) is 9.97. The molecule has 0 fully saturated rings. The largest absolute Gasteiger partial charge is 0.494 e. The fraction of sp³-hybridized carbons (Fsp3) is 0.100. The third-order valence-corrected chi connectivity index (χ3v) is 1.92. The van der Waals surface area contributed by atoms with Gasteiger partial charge in [0.1, 0.15) is 11.6 Å². The zero-order valence-electron chi connectivity index (χ0n) is 7.64. The number of methoxy groups -OCH3 is 1.